The van der Waals surface area contributed by atoms with Crippen LogP contribution in [0.15, 0.2) is 34.2 Å². The SMILES string of the molecule is Cc1ccc(S(=O)(=O)NC(CCCN=C(N)C(=N)N)C(=O)N2CCC(C)CC2)cc1.Cl. The van der Waals surface area contributed by atoms with E-state index in [2.05, 4.69) is 16.6 Å². The molecule has 1 atom stereocenters. The van der Waals surface area contributed by atoms with E-state index in [-0.39, 0.29) is 47.8 Å². The Bertz CT molecular complexity index is 881. The zero-order chi connectivity index (χ0) is 22.3. The number of nitrogens with two attached hydrogens (primary N) is 2. The van der Waals surface area contributed by atoms with Crippen LogP contribution < -0.4 is 16.2 Å². The van der Waals surface area contributed by atoms with E-state index in [1.165, 1.54) is 12.1 Å². The van der Waals surface area contributed by atoms with Crippen molar-refractivity contribution in [3.8, 4) is 0 Å². The van der Waals surface area contributed by atoms with Crippen molar-refractivity contribution in [2.45, 2.75) is 50.5 Å². The second-order valence-corrected chi connectivity index (χ2v) is 9.53. The average molecular weight is 473 g/mol. The summed E-state index contributed by atoms with van der Waals surface area (Å²) >= 11 is 0. The molecule has 1 aromatic carbocycles. The molecular weight excluding hydrogens is 440 g/mol. The Morgan fingerprint density at radius 3 is 2.39 bits per heavy atom. The van der Waals surface area contributed by atoms with Crippen LogP contribution in [0, 0.1) is 18.3 Å². The van der Waals surface area contributed by atoms with E-state index in [4.69, 9.17) is 16.9 Å². The van der Waals surface area contributed by atoms with E-state index in [1.807, 2.05) is 6.92 Å². The molecule has 1 aliphatic heterocycles. The fraction of sp³-hybridized carbons (Fsp3) is 0.550. The molecule has 6 N–H and O–H groups in total. The van der Waals surface area contributed by atoms with E-state index in [0.29, 0.717) is 25.4 Å². The number of aryl methyl sites for hydroxylation is 1. The predicted octanol–water partition coefficient (Wildman–Crippen LogP) is 1.40. The van der Waals surface area contributed by atoms with Gasteiger partial charge in [0.1, 0.15) is 6.04 Å². The van der Waals surface area contributed by atoms with E-state index in [0.717, 1.165) is 18.4 Å². The number of nitrogens with one attached hydrogen (secondary N) is 2. The molecule has 11 heteroatoms. The molecule has 0 radical (unpaired) electrons. The van der Waals surface area contributed by atoms with E-state index in [9.17, 15) is 13.2 Å². The minimum Gasteiger partial charge on any atom is -0.381 e. The molecule has 1 aliphatic rings. The van der Waals surface area contributed by atoms with Crippen molar-refractivity contribution in [3.05, 3.63) is 29.8 Å². The zero-order valence-electron chi connectivity index (χ0n) is 18.0. The van der Waals surface area contributed by atoms with Crippen molar-refractivity contribution in [1.82, 2.24) is 9.62 Å². The number of nitrogens with zero attached hydrogens (tertiary/aromatic N) is 2. The topological polar surface area (TPSA) is 155 Å². The minimum absolute atomic E-state index is 0. The van der Waals surface area contributed by atoms with Crippen molar-refractivity contribution >= 4 is 40.0 Å². The van der Waals surface area contributed by atoms with Crippen molar-refractivity contribution in [2.75, 3.05) is 19.6 Å². The second kappa shape index (κ2) is 12.0. The van der Waals surface area contributed by atoms with Gasteiger partial charge < -0.3 is 16.4 Å². The van der Waals surface area contributed by atoms with Crippen molar-refractivity contribution < 1.29 is 13.2 Å². The molecule has 0 aromatic heterocycles. The van der Waals surface area contributed by atoms with Crippen LogP contribution in [0.2, 0.25) is 0 Å². The Morgan fingerprint density at radius 2 is 1.84 bits per heavy atom. The summed E-state index contributed by atoms with van der Waals surface area (Å²) in [6, 6.07) is 5.60. The molecule has 31 heavy (non-hydrogen) atoms. The van der Waals surface area contributed by atoms with Crippen molar-refractivity contribution in [1.29, 1.82) is 5.41 Å². The summed E-state index contributed by atoms with van der Waals surface area (Å²) in [5.41, 5.74) is 11.7. The summed E-state index contributed by atoms with van der Waals surface area (Å²) in [5.74, 6) is -0.0463. The fourth-order valence-electron chi connectivity index (χ4n) is 3.24. The molecule has 1 amide bonds. The number of piperidine rings is 1. The maximum Gasteiger partial charge on any atom is 0.241 e. The first-order valence-corrected chi connectivity index (χ1v) is 11.6. The van der Waals surface area contributed by atoms with Crippen LogP contribution in [0.25, 0.3) is 0 Å². The highest BCUT2D eigenvalue weighted by Crippen LogP contribution is 2.19. The second-order valence-electron chi connectivity index (χ2n) is 7.82. The normalized spacial score (nSPS) is 16.5. The van der Waals surface area contributed by atoms with E-state index in [1.54, 1.807) is 17.0 Å². The van der Waals surface area contributed by atoms with Gasteiger partial charge in [-0.15, -0.1) is 12.4 Å². The number of amides is 1. The molecule has 1 heterocycles. The molecule has 1 saturated heterocycles. The smallest absolute Gasteiger partial charge is 0.241 e. The molecule has 1 fully saturated rings. The summed E-state index contributed by atoms with van der Waals surface area (Å²) in [4.78, 5) is 18.9. The maximum absolute atomic E-state index is 13.1. The molecular formula is C20H33ClN6O3S. The number of halogens is 1. The maximum atomic E-state index is 13.1. The number of amidine groups is 2. The number of carbonyl (C=O) groups excluding carboxylic acids is 1. The third kappa shape index (κ3) is 8.12. The molecule has 1 aromatic rings. The summed E-state index contributed by atoms with van der Waals surface area (Å²) in [5, 5.41) is 7.24. The molecule has 2 rings (SSSR count). The molecule has 9 nitrogen and oxygen atoms in total. The monoisotopic (exact) mass is 472 g/mol. The number of aliphatic imine (C=N–C) groups is 1. The molecule has 174 valence electrons. The van der Waals surface area contributed by atoms with Crippen LogP contribution >= 0.6 is 12.4 Å². The lowest BCUT2D eigenvalue weighted by atomic mass is 9.98. The summed E-state index contributed by atoms with van der Waals surface area (Å²) in [6.07, 6.45) is 2.50. The third-order valence-corrected chi connectivity index (χ3v) is 6.72. The lowest BCUT2D eigenvalue weighted by Crippen LogP contribution is -2.50. The summed E-state index contributed by atoms with van der Waals surface area (Å²) in [7, 11) is -3.85. The first-order chi connectivity index (χ1) is 14.1. The van der Waals surface area contributed by atoms with Crippen LogP contribution in [0.3, 0.4) is 0 Å². The molecule has 0 bridgehead atoms. The van der Waals surface area contributed by atoms with Gasteiger partial charge in [-0.25, -0.2) is 8.42 Å². The minimum atomic E-state index is -3.85. The summed E-state index contributed by atoms with van der Waals surface area (Å²) in [6.45, 7) is 5.52. The van der Waals surface area contributed by atoms with Gasteiger partial charge in [0.2, 0.25) is 15.9 Å². The van der Waals surface area contributed by atoms with Gasteiger partial charge in [0.15, 0.2) is 11.7 Å². The van der Waals surface area contributed by atoms with Gasteiger partial charge in [-0.3, -0.25) is 15.2 Å². The van der Waals surface area contributed by atoms with Crippen LogP contribution in [0.1, 0.15) is 38.2 Å². The van der Waals surface area contributed by atoms with Gasteiger partial charge >= 0.3 is 0 Å². The lowest BCUT2D eigenvalue weighted by molar-refractivity contribution is -0.134. The van der Waals surface area contributed by atoms with Gasteiger partial charge in [-0.1, -0.05) is 24.6 Å². The Labute approximate surface area is 190 Å². The highest BCUT2D eigenvalue weighted by Gasteiger charge is 2.30. The van der Waals surface area contributed by atoms with Crippen LogP contribution in [-0.2, 0) is 14.8 Å². The standard InChI is InChI=1S/C20H32N6O3S.ClH/c1-14-5-7-16(8-6-14)30(28,29)25-17(4-3-11-24-19(23)18(21)22)20(27)26-12-9-15(2)10-13-26;/h5-8,15,17,25H,3-4,9-13H2,1-2H3,(H3,21,22)(H2,23,24);1H. The fourth-order valence-corrected chi connectivity index (χ4v) is 4.46. The Balaban J connectivity index is 0.00000480. The van der Waals surface area contributed by atoms with Crippen LogP contribution in [0.4, 0.5) is 0 Å². The van der Waals surface area contributed by atoms with E-state index < -0.39 is 16.1 Å². The molecule has 0 spiro atoms. The molecule has 0 aliphatic carbocycles. The quantitative estimate of drug-likeness (QED) is 0.255. The van der Waals surface area contributed by atoms with Gasteiger partial charge in [0.25, 0.3) is 0 Å². The Hall–Kier alpha value is -2.17. The number of carbonyl (C=O) groups is 1. The average Bonchev–Trinajstić information content (AvgIpc) is 2.70. The first kappa shape index (κ1) is 26.9. The van der Waals surface area contributed by atoms with Crippen molar-refractivity contribution in [2.24, 2.45) is 22.4 Å². The zero-order valence-corrected chi connectivity index (χ0v) is 19.6. The number of sulfonamides is 1. The Kier molecular flexibility index (Phi) is 10.4. The van der Waals surface area contributed by atoms with Crippen LogP contribution in [0.5, 0.6) is 0 Å². The van der Waals surface area contributed by atoms with E-state index >= 15 is 0 Å². The lowest BCUT2D eigenvalue weighted by Gasteiger charge is -2.33. The largest absolute Gasteiger partial charge is 0.381 e. The van der Waals surface area contributed by atoms with Gasteiger partial charge in [-0.05, 0) is 50.7 Å². The third-order valence-electron chi connectivity index (χ3n) is 5.23. The van der Waals surface area contributed by atoms with Gasteiger partial charge in [0.05, 0.1) is 4.90 Å². The number of benzene rings is 1. The van der Waals surface area contributed by atoms with Gasteiger partial charge in [-0.2, -0.15) is 4.72 Å². The number of likely N-dealkylation sites (tertiary alicyclic amines) is 1. The van der Waals surface area contributed by atoms with Crippen LogP contribution in [-0.4, -0.2) is 56.6 Å². The first-order valence-electron chi connectivity index (χ1n) is 10.1. The molecule has 0 saturated carbocycles. The Morgan fingerprint density at radius 1 is 1.26 bits per heavy atom. The van der Waals surface area contributed by atoms with Crippen molar-refractivity contribution in [3.63, 3.8) is 0 Å². The number of hydrogen-bond acceptors (Lipinski definition) is 5. The summed E-state index contributed by atoms with van der Waals surface area (Å²) < 4.78 is 28.3. The highest BCUT2D eigenvalue weighted by molar-refractivity contribution is 7.89. The molecule has 1 unspecified atom stereocenters. The van der Waals surface area contributed by atoms with Gasteiger partial charge in [0, 0.05) is 19.6 Å². The highest BCUT2D eigenvalue weighted by atomic mass is 35.5. The number of hydrogen-bond donors (Lipinski definition) is 4. The predicted molar refractivity (Wildman–Crippen MR) is 125 cm³/mol. The number of rotatable bonds is 8.